The molecule has 0 aromatic carbocycles. The van der Waals surface area contributed by atoms with Crippen LogP contribution in [0.3, 0.4) is 0 Å². The van der Waals surface area contributed by atoms with Crippen molar-refractivity contribution in [1.29, 1.82) is 0 Å². The molecule has 0 spiro atoms. The Balaban J connectivity index is 1.66. The molecule has 0 aliphatic heterocycles. The summed E-state index contributed by atoms with van der Waals surface area (Å²) in [6.45, 7) is 3.99. The molecule has 0 heterocycles. The minimum atomic E-state index is -0.759. The number of rotatable bonds is 1. The third-order valence-corrected chi connectivity index (χ3v) is 8.09. The van der Waals surface area contributed by atoms with E-state index in [2.05, 4.69) is 6.92 Å². The van der Waals surface area contributed by atoms with Crippen LogP contribution in [-0.4, -0.2) is 17.4 Å². The molecule has 4 aliphatic carbocycles. The van der Waals surface area contributed by atoms with Crippen LogP contribution in [-0.2, 0) is 14.3 Å². The highest BCUT2D eigenvalue weighted by Gasteiger charge is 2.63. The Morgan fingerprint density at radius 1 is 1.04 bits per heavy atom. The van der Waals surface area contributed by atoms with Gasteiger partial charge in [-0.3, -0.25) is 9.59 Å². The second-order valence-corrected chi connectivity index (χ2v) is 8.89. The van der Waals surface area contributed by atoms with Crippen molar-refractivity contribution in [3.05, 3.63) is 0 Å². The Bertz CT molecular complexity index is 527. The summed E-state index contributed by atoms with van der Waals surface area (Å²) in [5, 5.41) is 0. The first-order valence-corrected chi connectivity index (χ1v) is 9.70. The first kappa shape index (κ1) is 15.7. The lowest BCUT2D eigenvalue weighted by Crippen LogP contribution is -2.57. The Hall–Kier alpha value is -0.860. The molecule has 0 saturated heterocycles. The zero-order valence-corrected chi connectivity index (χ0v) is 14.6. The summed E-state index contributed by atoms with van der Waals surface area (Å²) in [6, 6.07) is 0. The van der Waals surface area contributed by atoms with Gasteiger partial charge in [0.2, 0.25) is 0 Å². The van der Waals surface area contributed by atoms with Gasteiger partial charge in [0.1, 0.15) is 0 Å². The largest absolute Gasteiger partial charge is 0.451 e. The summed E-state index contributed by atoms with van der Waals surface area (Å²) in [4.78, 5) is 24.3. The van der Waals surface area contributed by atoms with Gasteiger partial charge in [-0.15, -0.1) is 0 Å². The van der Waals surface area contributed by atoms with Gasteiger partial charge in [-0.2, -0.15) is 0 Å². The number of carbonyl (C=O) groups excluding carboxylic acids is 2. The van der Waals surface area contributed by atoms with Crippen LogP contribution in [0.25, 0.3) is 0 Å². The number of ketones is 1. The highest BCUT2D eigenvalue weighted by atomic mass is 16.6. The molecule has 0 N–H and O–H groups in total. The SMILES string of the molecule is CC(=O)OC12CCC3C(CCC4CCCCC43C)C1CCC2=O. The molecule has 4 aliphatic rings. The van der Waals surface area contributed by atoms with Crippen LogP contribution >= 0.6 is 0 Å². The van der Waals surface area contributed by atoms with Crippen molar-refractivity contribution in [2.75, 3.05) is 0 Å². The summed E-state index contributed by atoms with van der Waals surface area (Å²) < 4.78 is 5.74. The van der Waals surface area contributed by atoms with E-state index in [0.29, 0.717) is 17.8 Å². The maximum absolute atomic E-state index is 12.6. The van der Waals surface area contributed by atoms with Gasteiger partial charge in [0.25, 0.3) is 0 Å². The Morgan fingerprint density at radius 2 is 1.87 bits per heavy atom. The monoisotopic (exact) mass is 318 g/mol. The van der Waals surface area contributed by atoms with Crippen molar-refractivity contribution in [1.82, 2.24) is 0 Å². The van der Waals surface area contributed by atoms with E-state index in [1.165, 1.54) is 45.4 Å². The molecule has 23 heavy (non-hydrogen) atoms. The van der Waals surface area contributed by atoms with E-state index in [1.54, 1.807) is 0 Å². The Kier molecular flexibility index (Phi) is 3.62. The Morgan fingerprint density at radius 3 is 2.65 bits per heavy atom. The number of fused-ring (bicyclic) bond motifs is 5. The summed E-state index contributed by atoms with van der Waals surface area (Å²) in [6.07, 6.45) is 11.5. The molecule has 0 aromatic heterocycles. The van der Waals surface area contributed by atoms with Gasteiger partial charge in [-0.25, -0.2) is 0 Å². The first-order chi connectivity index (χ1) is 11.0. The Labute approximate surface area is 139 Å². The van der Waals surface area contributed by atoms with Gasteiger partial charge in [0, 0.05) is 19.3 Å². The third kappa shape index (κ3) is 2.14. The molecule has 0 radical (unpaired) electrons. The predicted molar refractivity (Wildman–Crippen MR) is 87.7 cm³/mol. The van der Waals surface area contributed by atoms with Gasteiger partial charge in [0.15, 0.2) is 11.4 Å². The molecule has 6 atom stereocenters. The third-order valence-electron chi connectivity index (χ3n) is 8.09. The van der Waals surface area contributed by atoms with Gasteiger partial charge in [-0.1, -0.05) is 19.8 Å². The number of hydrogen-bond acceptors (Lipinski definition) is 3. The molecule has 0 aromatic rings. The molecule has 4 saturated carbocycles. The molecule has 3 nitrogen and oxygen atoms in total. The van der Waals surface area contributed by atoms with Gasteiger partial charge in [0.05, 0.1) is 0 Å². The van der Waals surface area contributed by atoms with Crippen LogP contribution in [0.15, 0.2) is 0 Å². The zero-order chi connectivity index (χ0) is 16.2. The molecule has 0 amide bonds. The van der Waals surface area contributed by atoms with Gasteiger partial charge < -0.3 is 4.74 Å². The van der Waals surface area contributed by atoms with Crippen molar-refractivity contribution >= 4 is 11.8 Å². The molecule has 3 heteroatoms. The summed E-state index contributed by atoms with van der Waals surface area (Å²) in [7, 11) is 0. The van der Waals surface area contributed by atoms with Crippen molar-refractivity contribution in [2.45, 2.75) is 83.7 Å². The van der Waals surface area contributed by atoms with Crippen LogP contribution in [0.4, 0.5) is 0 Å². The molecular formula is C20H30O3. The van der Waals surface area contributed by atoms with E-state index in [4.69, 9.17) is 4.74 Å². The lowest BCUT2D eigenvalue weighted by molar-refractivity contribution is -0.187. The standard InChI is InChI=1S/C20H30O3/c1-13(21)23-20-12-10-16-15(17(20)8-9-18(20)22)7-6-14-5-3-4-11-19(14,16)2/h14-17H,3-12H2,1-2H3. The fraction of sp³-hybridized carbons (Fsp3) is 0.900. The highest BCUT2D eigenvalue weighted by molar-refractivity contribution is 5.92. The fourth-order valence-corrected chi connectivity index (χ4v) is 7.13. The fourth-order valence-electron chi connectivity index (χ4n) is 7.13. The number of carbonyl (C=O) groups is 2. The zero-order valence-electron chi connectivity index (χ0n) is 14.6. The van der Waals surface area contributed by atoms with Gasteiger partial charge in [-0.05, 0) is 68.1 Å². The summed E-state index contributed by atoms with van der Waals surface area (Å²) in [5.41, 5.74) is -0.292. The molecule has 6 unspecified atom stereocenters. The van der Waals surface area contributed by atoms with E-state index < -0.39 is 5.60 Å². The van der Waals surface area contributed by atoms with E-state index in [-0.39, 0.29) is 17.7 Å². The maximum Gasteiger partial charge on any atom is 0.303 e. The minimum Gasteiger partial charge on any atom is -0.451 e. The minimum absolute atomic E-state index is 0.201. The average Bonchev–Trinajstić information content (AvgIpc) is 2.83. The van der Waals surface area contributed by atoms with Crippen molar-refractivity contribution in [3.63, 3.8) is 0 Å². The predicted octanol–water partition coefficient (Wildman–Crippen LogP) is 4.28. The van der Waals surface area contributed by atoms with Crippen molar-refractivity contribution < 1.29 is 14.3 Å². The van der Waals surface area contributed by atoms with E-state index in [1.807, 2.05) is 0 Å². The van der Waals surface area contributed by atoms with Crippen LogP contribution in [0, 0.1) is 29.1 Å². The molecule has 128 valence electrons. The first-order valence-electron chi connectivity index (χ1n) is 9.70. The number of esters is 1. The normalized spacial score (nSPS) is 49.0. The van der Waals surface area contributed by atoms with Gasteiger partial charge >= 0.3 is 5.97 Å². The summed E-state index contributed by atoms with van der Waals surface area (Å²) >= 11 is 0. The number of hydrogen-bond donors (Lipinski definition) is 0. The molecule has 4 rings (SSSR count). The second kappa shape index (κ2) is 5.32. The highest BCUT2D eigenvalue weighted by Crippen LogP contribution is 2.64. The second-order valence-electron chi connectivity index (χ2n) is 8.89. The molecular weight excluding hydrogens is 288 g/mol. The van der Waals surface area contributed by atoms with E-state index in [9.17, 15) is 9.59 Å². The lowest BCUT2D eigenvalue weighted by Gasteiger charge is -2.59. The number of Topliss-reactive ketones (excluding diaryl/α,β-unsaturated/α-hetero) is 1. The topological polar surface area (TPSA) is 43.4 Å². The molecule has 0 bridgehead atoms. The van der Waals surface area contributed by atoms with Crippen LogP contribution in [0.5, 0.6) is 0 Å². The average molecular weight is 318 g/mol. The van der Waals surface area contributed by atoms with E-state index in [0.717, 1.165) is 31.1 Å². The number of ether oxygens (including phenoxy) is 1. The van der Waals surface area contributed by atoms with Crippen molar-refractivity contribution in [3.8, 4) is 0 Å². The molecule has 4 fully saturated rings. The smallest absolute Gasteiger partial charge is 0.303 e. The lowest BCUT2D eigenvalue weighted by atomic mass is 9.46. The summed E-state index contributed by atoms with van der Waals surface area (Å²) in [5.74, 6) is 2.43. The maximum atomic E-state index is 12.6. The van der Waals surface area contributed by atoms with Crippen LogP contribution in [0.1, 0.15) is 78.1 Å². The van der Waals surface area contributed by atoms with Crippen LogP contribution < -0.4 is 0 Å². The quantitative estimate of drug-likeness (QED) is 0.678. The van der Waals surface area contributed by atoms with Crippen molar-refractivity contribution in [2.24, 2.45) is 29.1 Å². The van der Waals surface area contributed by atoms with E-state index >= 15 is 0 Å². The van der Waals surface area contributed by atoms with Crippen LogP contribution in [0.2, 0.25) is 0 Å².